The van der Waals surface area contributed by atoms with Gasteiger partial charge in [0.15, 0.2) is 0 Å². The van der Waals surface area contributed by atoms with E-state index in [1.807, 2.05) is 0 Å². The van der Waals surface area contributed by atoms with Crippen LogP contribution in [0, 0.1) is 0 Å². The highest BCUT2D eigenvalue weighted by molar-refractivity contribution is 7.13. The standard InChI is InChI=1S/C9H4ClF3N2S/c10-8-2-6(14-4-15-8)7-1-5(3-16-7)9(11,12)13/h1-4H. The van der Waals surface area contributed by atoms with Crippen LogP contribution in [-0.2, 0) is 6.18 Å². The number of hydrogen-bond donors (Lipinski definition) is 0. The first-order valence-corrected chi connectivity index (χ1v) is 5.36. The van der Waals surface area contributed by atoms with Gasteiger partial charge in [0, 0.05) is 11.4 Å². The third-order valence-corrected chi connectivity index (χ3v) is 2.97. The van der Waals surface area contributed by atoms with E-state index in [9.17, 15) is 13.2 Å². The lowest BCUT2D eigenvalue weighted by molar-refractivity contribution is -0.137. The van der Waals surface area contributed by atoms with Crippen LogP contribution in [0.25, 0.3) is 10.6 Å². The first kappa shape index (κ1) is 11.3. The Hall–Kier alpha value is -1.14. The summed E-state index contributed by atoms with van der Waals surface area (Å²) in [5, 5.41) is 1.25. The van der Waals surface area contributed by atoms with Gasteiger partial charge in [-0.2, -0.15) is 13.2 Å². The lowest BCUT2D eigenvalue weighted by atomic mass is 10.2. The Kier molecular flexibility index (Phi) is 2.86. The molecule has 2 rings (SSSR count). The topological polar surface area (TPSA) is 25.8 Å². The zero-order valence-electron chi connectivity index (χ0n) is 7.62. The van der Waals surface area contributed by atoms with Crippen LogP contribution in [-0.4, -0.2) is 9.97 Å². The Bertz CT molecular complexity index is 509. The van der Waals surface area contributed by atoms with Crippen molar-refractivity contribution in [2.75, 3.05) is 0 Å². The summed E-state index contributed by atoms with van der Waals surface area (Å²) in [5.41, 5.74) is -0.289. The summed E-state index contributed by atoms with van der Waals surface area (Å²) in [6.45, 7) is 0. The molecule has 2 nitrogen and oxygen atoms in total. The van der Waals surface area contributed by atoms with E-state index in [0.29, 0.717) is 10.6 Å². The van der Waals surface area contributed by atoms with Crippen LogP contribution in [0.1, 0.15) is 5.56 Å². The van der Waals surface area contributed by atoms with Gasteiger partial charge in [-0.25, -0.2) is 9.97 Å². The molecule has 0 aliphatic rings. The molecule has 2 heterocycles. The monoisotopic (exact) mass is 264 g/mol. The maximum atomic E-state index is 12.3. The molecule has 0 unspecified atom stereocenters. The fraction of sp³-hybridized carbons (Fsp3) is 0.111. The molecule has 0 aliphatic heterocycles. The number of rotatable bonds is 1. The maximum absolute atomic E-state index is 12.3. The van der Waals surface area contributed by atoms with Gasteiger partial charge in [0.1, 0.15) is 11.5 Å². The molecule has 0 aliphatic carbocycles. The molecule has 0 atom stereocenters. The Balaban J connectivity index is 2.39. The Morgan fingerprint density at radius 1 is 1.19 bits per heavy atom. The fourth-order valence-electron chi connectivity index (χ4n) is 1.09. The Morgan fingerprint density at radius 2 is 1.94 bits per heavy atom. The Morgan fingerprint density at radius 3 is 2.50 bits per heavy atom. The summed E-state index contributed by atoms with van der Waals surface area (Å²) in [5.74, 6) is 0. The second-order valence-corrected chi connectivity index (χ2v) is 4.22. The number of aromatic nitrogens is 2. The molecule has 0 saturated carbocycles. The molecule has 0 aromatic carbocycles. The van der Waals surface area contributed by atoms with Crippen LogP contribution >= 0.6 is 22.9 Å². The summed E-state index contributed by atoms with van der Waals surface area (Å²) in [6.07, 6.45) is -3.11. The average Bonchev–Trinajstić information content (AvgIpc) is 2.65. The fourth-order valence-corrected chi connectivity index (χ4v) is 2.12. The quantitative estimate of drug-likeness (QED) is 0.731. The van der Waals surface area contributed by atoms with Gasteiger partial charge in [-0.3, -0.25) is 0 Å². The third-order valence-electron chi connectivity index (χ3n) is 1.81. The molecule has 0 fully saturated rings. The van der Waals surface area contributed by atoms with E-state index >= 15 is 0 Å². The molecule has 0 amide bonds. The van der Waals surface area contributed by atoms with Gasteiger partial charge in [0.2, 0.25) is 0 Å². The molecule has 84 valence electrons. The first-order chi connectivity index (χ1) is 7.47. The minimum atomic E-state index is -4.33. The van der Waals surface area contributed by atoms with Gasteiger partial charge in [-0.05, 0) is 6.07 Å². The summed E-state index contributed by atoms with van der Waals surface area (Å²) in [6, 6.07) is 2.47. The normalized spacial score (nSPS) is 11.8. The second-order valence-electron chi connectivity index (χ2n) is 2.92. The average molecular weight is 265 g/mol. The van der Waals surface area contributed by atoms with Crippen LogP contribution in [0.5, 0.6) is 0 Å². The van der Waals surface area contributed by atoms with Gasteiger partial charge in [0.05, 0.1) is 16.1 Å². The van der Waals surface area contributed by atoms with Crippen LogP contribution < -0.4 is 0 Å². The third kappa shape index (κ3) is 2.33. The minimum absolute atomic E-state index is 0.201. The zero-order valence-corrected chi connectivity index (χ0v) is 9.20. The molecule has 7 heteroatoms. The highest BCUT2D eigenvalue weighted by Gasteiger charge is 2.31. The molecule has 0 N–H and O–H groups in total. The van der Waals surface area contributed by atoms with Crippen LogP contribution in [0.15, 0.2) is 23.8 Å². The van der Waals surface area contributed by atoms with Crippen molar-refractivity contribution in [3.8, 4) is 10.6 Å². The van der Waals surface area contributed by atoms with E-state index in [0.717, 1.165) is 22.8 Å². The van der Waals surface area contributed by atoms with Crippen molar-refractivity contribution in [2.45, 2.75) is 6.18 Å². The smallest absolute Gasteiger partial charge is 0.235 e. The van der Waals surface area contributed by atoms with E-state index in [4.69, 9.17) is 11.6 Å². The van der Waals surface area contributed by atoms with Crippen molar-refractivity contribution >= 4 is 22.9 Å². The molecule has 0 radical (unpaired) electrons. The molecule has 0 spiro atoms. The predicted molar refractivity (Wildman–Crippen MR) is 55.4 cm³/mol. The SMILES string of the molecule is FC(F)(F)c1csc(-c2cc(Cl)ncn2)c1. The number of halogens is 4. The van der Waals surface area contributed by atoms with Gasteiger partial charge < -0.3 is 0 Å². The van der Waals surface area contributed by atoms with E-state index in [1.165, 1.54) is 12.4 Å². The van der Waals surface area contributed by atoms with E-state index in [1.54, 1.807) is 0 Å². The van der Waals surface area contributed by atoms with Crippen molar-refractivity contribution in [1.82, 2.24) is 9.97 Å². The predicted octanol–water partition coefficient (Wildman–Crippen LogP) is 3.88. The lowest BCUT2D eigenvalue weighted by Crippen LogP contribution is -2.01. The lowest BCUT2D eigenvalue weighted by Gasteiger charge is -2.01. The Labute approximate surface area is 97.7 Å². The molecular weight excluding hydrogens is 261 g/mol. The molecule has 16 heavy (non-hydrogen) atoms. The number of hydrogen-bond acceptors (Lipinski definition) is 3. The molecular formula is C9H4ClF3N2S. The summed E-state index contributed by atoms with van der Waals surface area (Å²) >= 11 is 6.59. The van der Waals surface area contributed by atoms with Crippen LogP contribution in [0.4, 0.5) is 13.2 Å². The second kappa shape index (κ2) is 4.03. The van der Waals surface area contributed by atoms with Gasteiger partial charge in [-0.1, -0.05) is 11.6 Å². The summed E-state index contributed by atoms with van der Waals surface area (Å²) in [4.78, 5) is 7.92. The molecule has 2 aromatic rings. The van der Waals surface area contributed by atoms with Crippen molar-refractivity contribution < 1.29 is 13.2 Å². The highest BCUT2D eigenvalue weighted by atomic mass is 35.5. The largest absolute Gasteiger partial charge is 0.417 e. The van der Waals surface area contributed by atoms with Crippen LogP contribution in [0.2, 0.25) is 5.15 Å². The van der Waals surface area contributed by atoms with Gasteiger partial charge in [0.25, 0.3) is 0 Å². The van der Waals surface area contributed by atoms with E-state index in [-0.39, 0.29) is 5.15 Å². The maximum Gasteiger partial charge on any atom is 0.417 e. The minimum Gasteiger partial charge on any atom is -0.235 e. The molecule has 0 bridgehead atoms. The summed E-state index contributed by atoms with van der Waals surface area (Å²) < 4.78 is 37.0. The molecule has 2 aromatic heterocycles. The number of alkyl halides is 3. The van der Waals surface area contributed by atoms with E-state index in [2.05, 4.69) is 9.97 Å². The van der Waals surface area contributed by atoms with Crippen LogP contribution in [0.3, 0.4) is 0 Å². The number of thiophene rings is 1. The first-order valence-electron chi connectivity index (χ1n) is 4.10. The molecule has 0 saturated heterocycles. The zero-order chi connectivity index (χ0) is 11.8. The van der Waals surface area contributed by atoms with Crippen molar-refractivity contribution in [1.29, 1.82) is 0 Å². The van der Waals surface area contributed by atoms with E-state index < -0.39 is 11.7 Å². The number of nitrogens with zero attached hydrogens (tertiary/aromatic N) is 2. The van der Waals surface area contributed by atoms with Crippen molar-refractivity contribution in [3.63, 3.8) is 0 Å². The van der Waals surface area contributed by atoms with Crippen molar-refractivity contribution in [3.05, 3.63) is 34.6 Å². The van der Waals surface area contributed by atoms with Gasteiger partial charge in [-0.15, -0.1) is 11.3 Å². The van der Waals surface area contributed by atoms with Gasteiger partial charge >= 0.3 is 6.18 Å². The summed E-state index contributed by atoms with van der Waals surface area (Å²) in [7, 11) is 0. The highest BCUT2D eigenvalue weighted by Crippen LogP contribution is 2.36. The van der Waals surface area contributed by atoms with Crippen molar-refractivity contribution in [2.24, 2.45) is 0 Å².